The molecule has 2 rings (SSSR count). The van der Waals surface area contributed by atoms with Crippen molar-refractivity contribution >= 4 is 0 Å². The molecule has 1 aliphatic rings. The summed E-state index contributed by atoms with van der Waals surface area (Å²) < 4.78 is 0. The smallest absolute Gasteiger partial charge is 0.0322 e. The molecule has 0 aromatic heterocycles. The van der Waals surface area contributed by atoms with Crippen molar-refractivity contribution in [1.82, 2.24) is 5.32 Å². The van der Waals surface area contributed by atoms with Gasteiger partial charge in [0.05, 0.1) is 0 Å². The highest BCUT2D eigenvalue weighted by Gasteiger charge is 2.21. The molecule has 1 heteroatoms. The Kier molecular flexibility index (Phi) is 2.60. The van der Waals surface area contributed by atoms with Gasteiger partial charge in [-0.2, -0.15) is 0 Å². The average molecular weight is 189 g/mol. The van der Waals surface area contributed by atoms with Gasteiger partial charge in [-0.1, -0.05) is 30.7 Å². The lowest BCUT2D eigenvalue weighted by molar-refractivity contribution is 0.414. The molecule has 1 aliphatic heterocycles. The molecule has 1 heterocycles. The molecule has 0 amide bonds. The van der Waals surface area contributed by atoms with Crippen LogP contribution >= 0.6 is 0 Å². The predicted octanol–water partition coefficient (Wildman–Crippen LogP) is 2.98. The zero-order valence-corrected chi connectivity index (χ0v) is 9.30. The van der Waals surface area contributed by atoms with E-state index in [1.165, 1.54) is 24.0 Å². The van der Waals surface area contributed by atoms with E-state index in [-0.39, 0.29) is 0 Å². The largest absolute Gasteiger partial charge is 0.307 e. The monoisotopic (exact) mass is 189 g/mol. The number of aryl methyl sites for hydroxylation is 1. The molecular formula is C13H19N. The Labute approximate surface area is 86.5 Å². The standard InChI is InChI=1S/C13H19N/c1-4-13-12-6-5-9(2)7-11(12)8-10(3)14-13/h5-7,10,13-14H,4,8H2,1-3H3. The normalized spacial score (nSPS) is 25.9. The van der Waals surface area contributed by atoms with E-state index >= 15 is 0 Å². The Hall–Kier alpha value is -0.820. The molecule has 0 aliphatic carbocycles. The van der Waals surface area contributed by atoms with Gasteiger partial charge in [0, 0.05) is 12.1 Å². The first kappa shape index (κ1) is 9.72. The van der Waals surface area contributed by atoms with E-state index in [0.29, 0.717) is 12.1 Å². The summed E-state index contributed by atoms with van der Waals surface area (Å²) in [6.45, 7) is 6.70. The average Bonchev–Trinajstić information content (AvgIpc) is 2.15. The predicted molar refractivity (Wildman–Crippen MR) is 60.5 cm³/mol. The molecule has 0 saturated heterocycles. The number of benzene rings is 1. The number of nitrogens with one attached hydrogen (secondary N) is 1. The third-order valence-electron chi connectivity index (χ3n) is 3.09. The molecule has 0 fully saturated rings. The molecule has 2 atom stereocenters. The summed E-state index contributed by atoms with van der Waals surface area (Å²) in [6.07, 6.45) is 2.36. The van der Waals surface area contributed by atoms with Crippen LogP contribution in [0.1, 0.15) is 43.0 Å². The van der Waals surface area contributed by atoms with E-state index in [1.807, 2.05) is 0 Å². The van der Waals surface area contributed by atoms with Crippen molar-refractivity contribution in [3.8, 4) is 0 Å². The van der Waals surface area contributed by atoms with Crippen LogP contribution < -0.4 is 5.32 Å². The van der Waals surface area contributed by atoms with Gasteiger partial charge < -0.3 is 5.32 Å². The number of hydrogen-bond donors (Lipinski definition) is 1. The van der Waals surface area contributed by atoms with Crippen molar-refractivity contribution < 1.29 is 0 Å². The lowest BCUT2D eigenvalue weighted by Crippen LogP contribution is -2.37. The summed E-state index contributed by atoms with van der Waals surface area (Å²) in [5.41, 5.74) is 4.44. The number of fused-ring (bicyclic) bond motifs is 1. The highest BCUT2D eigenvalue weighted by atomic mass is 15.0. The Morgan fingerprint density at radius 3 is 2.93 bits per heavy atom. The molecule has 1 nitrogen and oxygen atoms in total. The number of hydrogen-bond acceptors (Lipinski definition) is 1. The van der Waals surface area contributed by atoms with E-state index < -0.39 is 0 Å². The maximum absolute atomic E-state index is 3.64. The van der Waals surface area contributed by atoms with Crippen LogP contribution in [0.4, 0.5) is 0 Å². The Balaban J connectivity index is 2.40. The van der Waals surface area contributed by atoms with E-state index in [9.17, 15) is 0 Å². The van der Waals surface area contributed by atoms with Gasteiger partial charge >= 0.3 is 0 Å². The van der Waals surface area contributed by atoms with Gasteiger partial charge in [0.1, 0.15) is 0 Å². The van der Waals surface area contributed by atoms with Crippen molar-refractivity contribution in [2.45, 2.75) is 45.7 Å². The van der Waals surface area contributed by atoms with Crippen molar-refractivity contribution in [3.05, 3.63) is 34.9 Å². The van der Waals surface area contributed by atoms with Crippen LogP contribution in [0.15, 0.2) is 18.2 Å². The second kappa shape index (κ2) is 3.74. The van der Waals surface area contributed by atoms with Crippen LogP contribution in [0, 0.1) is 6.92 Å². The zero-order valence-electron chi connectivity index (χ0n) is 9.30. The Morgan fingerprint density at radius 2 is 2.21 bits per heavy atom. The third-order valence-corrected chi connectivity index (χ3v) is 3.09. The second-order valence-electron chi connectivity index (χ2n) is 4.43. The summed E-state index contributed by atoms with van der Waals surface area (Å²) in [5, 5.41) is 3.64. The lowest BCUT2D eigenvalue weighted by atomic mass is 9.88. The molecule has 0 bridgehead atoms. The molecule has 0 saturated carbocycles. The lowest BCUT2D eigenvalue weighted by Gasteiger charge is -2.31. The topological polar surface area (TPSA) is 12.0 Å². The van der Waals surface area contributed by atoms with Crippen molar-refractivity contribution in [2.75, 3.05) is 0 Å². The summed E-state index contributed by atoms with van der Waals surface area (Å²) in [6, 6.07) is 8.04. The molecule has 2 unspecified atom stereocenters. The van der Waals surface area contributed by atoms with Crippen LogP contribution in [-0.2, 0) is 6.42 Å². The fraction of sp³-hybridized carbons (Fsp3) is 0.538. The minimum atomic E-state index is 0.564. The van der Waals surface area contributed by atoms with Crippen LogP contribution in [0.3, 0.4) is 0 Å². The van der Waals surface area contributed by atoms with Crippen LogP contribution in [0.2, 0.25) is 0 Å². The third kappa shape index (κ3) is 1.69. The van der Waals surface area contributed by atoms with E-state index in [1.54, 1.807) is 5.56 Å². The zero-order chi connectivity index (χ0) is 10.1. The van der Waals surface area contributed by atoms with Gasteiger partial charge in [-0.15, -0.1) is 0 Å². The molecule has 0 spiro atoms. The first-order valence-electron chi connectivity index (χ1n) is 5.56. The van der Waals surface area contributed by atoms with Gasteiger partial charge in [-0.05, 0) is 37.8 Å². The van der Waals surface area contributed by atoms with Gasteiger partial charge in [-0.3, -0.25) is 0 Å². The van der Waals surface area contributed by atoms with Gasteiger partial charge in [0.15, 0.2) is 0 Å². The van der Waals surface area contributed by atoms with Crippen molar-refractivity contribution in [1.29, 1.82) is 0 Å². The van der Waals surface area contributed by atoms with Gasteiger partial charge in [0.25, 0.3) is 0 Å². The second-order valence-corrected chi connectivity index (χ2v) is 4.43. The first-order valence-corrected chi connectivity index (χ1v) is 5.56. The molecule has 76 valence electrons. The maximum atomic E-state index is 3.64. The quantitative estimate of drug-likeness (QED) is 0.716. The van der Waals surface area contributed by atoms with Crippen molar-refractivity contribution in [2.24, 2.45) is 0 Å². The van der Waals surface area contributed by atoms with E-state index in [2.05, 4.69) is 44.3 Å². The first-order chi connectivity index (χ1) is 6.70. The van der Waals surface area contributed by atoms with Gasteiger partial charge in [0.2, 0.25) is 0 Å². The number of rotatable bonds is 1. The van der Waals surface area contributed by atoms with Crippen LogP contribution in [0.5, 0.6) is 0 Å². The fourth-order valence-electron chi connectivity index (χ4n) is 2.41. The summed E-state index contributed by atoms with van der Waals surface area (Å²) in [5.74, 6) is 0. The summed E-state index contributed by atoms with van der Waals surface area (Å²) in [4.78, 5) is 0. The maximum Gasteiger partial charge on any atom is 0.0322 e. The SMILES string of the molecule is CCC1NC(C)Cc2cc(C)ccc21. The molecule has 1 aromatic carbocycles. The van der Waals surface area contributed by atoms with Crippen molar-refractivity contribution in [3.63, 3.8) is 0 Å². The molecule has 1 N–H and O–H groups in total. The minimum Gasteiger partial charge on any atom is -0.307 e. The Bertz CT molecular complexity index is 330. The highest BCUT2D eigenvalue weighted by Crippen LogP contribution is 2.27. The summed E-state index contributed by atoms with van der Waals surface area (Å²) >= 11 is 0. The Morgan fingerprint density at radius 1 is 1.43 bits per heavy atom. The van der Waals surface area contributed by atoms with Crippen LogP contribution in [-0.4, -0.2) is 6.04 Å². The fourth-order valence-corrected chi connectivity index (χ4v) is 2.41. The molecular weight excluding hydrogens is 170 g/mol. The van der Waals surface area contributed by atoms with Gasteiger partial charge in [-0.25, -0.2) is 0 Å². The molecule has 14 heavy (non-hydrogen) atoms. The molecule has 0 radical (unpaired) electrons. The summed E-state index contributed by atoms with van der Waals surface area (Å²) in [7, 11) is 0. The minimum absolute atomic E-state index is 0.564. The van der Waals surface area contributed by atoms with E-state index in [4.69, 9.17) is 0 Å². The molecule has 1 aromatic rings. The van der Waals surface area contributed by atoms with E-state index in [0.717, 1.165) is 0 Å². The van der Waals surface area contributed by atoms with Crippen LogP contribution in [0.25, 0.3) is 0 Å². The highest BCUT2D eigenvalue weighted by molar-refractivity contribution is 5.36.